The summed E-state index contributed by atoms with van der Waals surface area (Å²) in [6.07, 6.45) is 0. The Morgan fingerprint density at radius 2 is 2.05 bits per heavy atom. The van der Waals surface area contributed by atoms with Crippen LogP contribution in [0.1, 0.15) is 34.8 Å². The standard InChI is InChI=1S/C15H20N2OS/c1-4-16-14(15-17-11(2)10-19-15)13-7-5-12(6-8-13)9-18-3/h5-8,10,14,16H,4,9H2,1-3H3. The van der Waals surface area contributed by atoms with E-state index in [-0.39, 0.29) is 6.04 Å². The summed E-state index contributed by atoms with van der Waals surface area (Å²) in [6.45, 7) is 5.73. The third-order valence-electron chi connectivity index (χ3n) is 2.92. The van der Waals surface area contributed by atoms with Gasteiger partial charge < -0.3 is 10.1 Å². The summed E-state index contributed by atoms with van der Waals surface area (Å²) >= 11 is 1.71. The summed E-state index contributed by atoms with van der Waals surface area (Å²) in [5, 5.41) is 6.72. The van der Waals surface area contributed by atoms with Gasteiger partial charge in [0.1, 0.15) is 5.01 Å². The second-order valence-corrected chi connectivity index (χ2v) is 5.38. The maximum atomic E-state index is 5.14. The second-order valence-electron chi connectivity index (χ2n) is 4.49. The van der Waals surface area contributed by atoms with E-state index in [0.29, 0.717) is 6.61 Å². The first-order valence-electron chi connectivity index (χ1n) is 6.47. The van der Waals surface area contributed by atoms with Crippen LogP contribution >= 0.6 is 11.3 Å². The lowest BCUT2D eigenvalue weighted by Crippen LogP contribution is -2.21. The molecule has 0 amide bonds. The number of ether oxygens (including phenoxy) is 1. The van der Waals surface area contributed by atoms with Crippen LogP contribution in [0.25, 0.3) is 0 Å². The molecule has 1 aromatic carbocycles. The number of hydrogen-bond acceptors (Lipinski definition) is 4. The van der Waals surface area contributed by atoms with E-state index in [4.69, 9.17) is 4.74 Å². The number of nitrogens with zero attached hydrogens (tertiary/aromatic N) is 1. The fraction of sp³-hybridized carbons (Fsp3) is 0.400. The molecule has 1 atom stereocenters. The smallest absolute Gasteiger partial charge is 0.114 e. The summed E-state index contributed by atoms with van der Waals surface area (Å²) < 4.78 is 5.14. The molecule has 1 unspecified atom stereocenters. The van der Waals surface area contributed by atoms with Crippen molar-refractivity contribution in [3.63, 3.8) is 0 Å². The molecule has 0 aliphatic carbocycles. The van der Waals surface area contributed by atoms with Crippen molar-refractivity contribution >= 4 is 11.3 Å². The number of aromatic nitrogens is 1. The fourth-order valence-electron chi connectivity index (χ4n) is 2.03. The first-order chi connectivity index (χ1) is 9.24. The van der Waals surface area contributed by atoms with Crippen molar-refractivity contribution in [1.29, 1.82) is 0 Å². The van der Waals surface area contributed by atoms with E-state index in [9.17, 15) is 0 Å². The highest BCUT2D eigenvalue weighted by Crippen LogP contribution is 2.25. The molecular weight excluding hydrogens is 256 g/mol. The molecule has 0 bridgehead atoms. The molecule has 1 aromatic heterocycles. The molecule has 4 heteroatoms. The van der Waals surface area contributed by atoms with Crippen LogP contribution in [-0.2, 0) is 11.3 Å². The minimum Gasteiger partial charge on any atom is -0.380 e. The molecule has 0 aliphatic heterocycles. The predicted octanol–water partition coefficient (Wildman–Crippen LogP) is 3.30. The van der Waals surface area contributed by atoms with E-state index in [1.54, 1.807) is 18.4 Å². The van der Waals surface area contributed by atoms with Crippen LogP contribution in [-0.4, -0.2) is 18.6 Å². The molecule has 0 aliphatic rings. The summed E-state index contributed by atoms with van der Waals surface area (Å²) in [5.74, 6) is 0. The molecule has 19 heavy (non-hydrogen) atoms. The predicted molar refractivity (Wildman–Crippen MR) is 79.5 cm³/mol. The molecule has 0 spiro atoms. The Hall–Kier alpha value is -1.23. The van der Waals surface area contributed by atoms with Crippen molar-refractivity contribution in [2.75, 3.05) is 13.7 Å². The lowest BCUT2D eigenvalue weighted by atomic mass is 10.1. The number of hydrogen-bond donors (Lipinski definition) is 1. The Labute approximate surface area is 118 Å². The largest absolute Gasteiger partial charge is 0.380 e. The molecule has 2 rings (SSSR count). The Balaban J connectivity index is 2.23. The minimum atomic E-state index is 0.181. The van der Waals surface area contributed by atoms with Gasteiger partial charge in [-0.1, -0.05) is 31.2 Å². The van der Waals surface area contributed by atoms with Crippen LogP contribution in [0, 0.1) is 6.92 Å². The van der Waals surface area contributed by atoms with Gasteiger partial charge in [-0.15, -0.1) is 11.3 Å². The van der Waals surface area contributed by atoms with Crippen molar-refractivity contribution in [3.8, 4) is 0 Å². The number of nitrogens with one attached hydrogen (secondary N) is 1. The van der Waals surface area contributed by atoms with Gasteiger partial charge in [0.05, 0.1) is 12.6 Å². The van der Waals surface area contributed by atoms with E-state index >= 15 is 0 Å². The van der Waals surface area contributed by atoms with E-state index in [1.807, 2.05) is 6.92 Å². The highest BCUT2D eigenvalue weighted by Gasteiger charge is 2.16. The average molecular weight is 276 g/mol. The van der Waals surface area contributed by atoms with Crippen LogP contribution in [0.4, 0.5) is 0 Å². The van der Waals surface area contributed by atoms with E-state index in [2.05, 4.69) is 46.9 Å². The van der Waals surface area contributed by atoms with Gasteiger partial charge in [0.15, 0.2) is 0 Å². The zero-order chi connectivity index (χ0) is 13.7. The van der Waals surface area contributed by atoms with E-state index < -0.39 is 0 Å². The molecule has 0 saturated carbocycles. The third kappa shape index (κ3) is 3.62. The van der Waals surface area contributed by atoms with Crippen LogP contribution in [0.3, 0.4) is 0 Å². The molecule has 1 heterocycles. The highest BCUT2D eigenvalue weighted by atomic mass is 32.1. The summed E-state index contributed by atoms with van der Waals surface area (Å²) in [7, 11) is 1.72. The van der Waals surface area contributed by atoms with Gasteiger partial charge >= 0.3 is 0 Å². The highest BCUT2D eigenvalue weighted by molar-refractivity contribution is 7.09. The Bertz CT molecular complexity index is 507. The van der Waals surface area contributed by atoms with Gasteiger partial charge in [-0.05, 0) is 24.6 Å². The Morgan fingerprint density at radius 3 is 2.58 bits per heavy atom. The van der Waals surface area contributed by atoms with E-state index in [0.717, 1.165) is 17.2 Å². The van der Waals surface area contributed by atoms with Gasteiger partial charge in [-0.25, -0.2) is 4.98 Å². The molecular formula is C15H20N2OS. The molecule has 0 fully saturated rings. The fourth-order valence-corrected chi connectivity index (χ4v) is 2.93. The Morgan fingerprint density at radius 1 is 1.32 bits per heavy atom. The quantitative estimate of drug-likeness (QED) is 0.879. The van der Waals surface area contributed by atoms with Gasteiger partial charge in [-0.2, -0.15) is 0 Å². The number of benzene rings is 1. The summed E-state index contributed by atoms with van der Waals surface area (Å²) in [4.78, 5) is 4.60. The van der Waals surface area contributed by atoms with Crippen molar-refractivity contribution in [2.45, 2.75) is 26.5 Å². The lowest BCUT2D eigenvalue weighted by molar-refractivity contribution is 0.185. The van der Waals surface area contributed by atoms with Crippen molar-refractivity contribution in [3.05, 3.63) is 51.5 Å². The van der Waals surface area contributed by atoms with Crippen LogP contribution in [0.15, 0.2) is 29.6 Å². The zero-order valence-corrected chi connectivity index (χ0v) is 12.5. The first kappa shape index (κ1) is 14.2. The van der Waals surface area contributed by atoms with Gasteiger partial charge in [0, 0.05) is 18.2 Å². The Kier molecular flexibility index (Phi) is 5.07. The SMILES string of the molecule is CCNC(c1ccc(COC)cc1)c1nc(C)cs1. The second kappa shape index (κ2) is 6.80. The van der Waals surface area contributed by atoms with Gasteiger partial charge in [0.2, 0.25) is 0 Å². The molecule has 3 nitrogen and oxygen atoms in total. The van der Waals surface area contributed by atoms with E-state index in [1.165, 1.54) is 11.1 Å². The number of rotatable bonds is 6. The number of thiazole rings is 1. The monoisotopic (exact) mass is 276 g/mol. The molecule has 1 N–H and O–H groups in total. The average Bonchev–Trinajstić information content (AvgIpc) is 2.84. The molecule has 0 saturated heterocycles. The maximum absolute atomic E-state index is 5.14. The van der Waals surface area contributed by atoms with Crippen LogP contribution in [0.5, 0.6) is 0 Å². The van der Waals surface area contributed by atoms with Crippen molar-refractivity contribution in [2.24, 2.45) is 0 Å². The lowest BCUT2D eigenvalue weighted by Gasteiger charge is -2.16. The zero-order valence-electron chi connectivity index (χ0n) is 11.6. The van der Waals surface area contributed by atoms with Crippen molar-refractivity contribution in [1.82, 2.24) is 10.3 Å². The molecule has 2 aromatic rings. The maximum Gasteiger partial charge on any atom is 0.114 e. The number of methoxy groups -OCH3 is 1. The molecule has 102 valence electrons. The van der Waals surface area contributed by atoms with Gasteiger partial charge in [0.25, 0.3) is 0 Å². The van der Waals surface area contributed by atoms with Crippen LogP contribution < -0.4 is 5.32 Å². The molecule has 0 radical (unpaired) electrons. The summed E-state index contributed by atoms with van der Waals surface area (Å²) in [5.41, 5.74) is 3.52. The topological polar surface area (TPSA) is 34.1 Å². The minimum absolute atomic E-state index is 0.181. The normalized spacial score (nSPS) is 12.6. The third-order valence-corrected chi connectivity index (χ3v) is 3.94. The number of aryl methyl sites for hydroxylation is 1. The summed E-state index contributed by atoms with van der Waals surface area (Å²) in [6, 6.07) is 8.71. The van der Waals surface area contributed by atoms with Crippen molar-refractivity contribution < 1.29 is 4.74 Å². The van der Waals surface area contributed by atoms with Gasteiger partial charge in [-0.3, -0.25) is 0 Å². The van der Waals surface area contributed by atoms with Crippen LogP contribution in [0.2, 0.25) is 0 Å². The first-order valence-corrected chi connectivity index (χ1v) is 7.35.